The average molecular weight is 271 g/mol. The van der Waals surface area contributed by atoms with Crippen LogP contribution >= 0.6 is 11.6 Å². The Morgan fingerprint density at radius 1 is 1.39 bits per heavy atom. The van der Waals surface area contributed by atoms with Crippen LogP contribution in [0, 0.1) is 0 Å². The molecule has 0 bridgehead atoms. The second-order valence-corrected chi connectivity index (χ2v) is 5.56. The highest BCUT2D eigenvalue weighted by molar-refractivity contribution is 6.30. The predicted molar refractivity (Wildman–Crippen MR) is 76.9 cm³/mol. The third-order valence-electron chi connectivity index (χ3n) is 3.12. The molecule has 3 nitrogen and oxygen atoms in total. The van der Waals surface area contributed by atoms with E-state index in [4.69, 9.17) is 22.4 Å². The van der Waals surface area contributed by atoms with Gasteiger partial charge in [0.1, 0.15) is 0 Å². The molecule has 4 heteroatoms. The molecule has 0 aliphatic rings. The number of hydrogen-bond donors (Lipinski definition) is 3. The Morgan fingerprint density at radius 2 is 2.00 bits per heavy atom. The maximum atomic E-state index is 8.94. The predicted octanol–water partition coefficient (Wildman–Crippen LogP) is 1.96. The SMILES string of the molecule is CC(CCO)NC(C)(CN)Cc1ccc(Cl)cc1. The summed E-state index contributed by atoms with van der Waals surface area (Å²) in [6.07, 6.45) is 1.58. The van der Waals surface area contributed by atoms with Gasteiger partial charge >= 0.3 is 0 Å². The van der Waals surface area contributed by atoms with E-state index in [0.29, 0.717) is 6.54 Å². The fourth-order valence-corrected chi connectivity index (χ4v) is 2.22. The Balaban J connectivity index is 2.66. The second-order valence-electron chi connectivity index (χ2n) is 5.13. The molecule has 0 saturated heterocycles. The van der Waals surface area contributed by atoms with Gasteiger partial charge in [0.05, 0.1) is 0 Å². The molecule has 18 heavy (non-hydrogen) atoms. The van der Waals surface area contributed by atoms with Gasteiger partial charge in [-0.3, -0.25) is 0 Å². The highest BCUT2D eigenvalue weighted by Gasteiger charge is 2.24. The van der Waals surface area contributed by atoms with E-state index in [1.807, 2.05) is 24.3 Å². The van der Waals surface area contributed by atoms with Gasteiger partial charge in [0.2, 0.25) is 0 Å². The highest BCUT2D eigenvalue weighted by atomic mass is 35.5. The van der Waals surface area contributed by atoms with Crippen LogP contribution in [0.1, 0.15) is 25.8 Å². The fourth-order valence-electron chi connectivity index (χ4n) is 2.10. The molecule has 2 atom stereocenters. The van der Waals surface area contributed by atoms with Crippen molar-refractivity contribution in [2.75, 3.05) is 13.2 Å². The van der Waals surface area contributed by atoms with E-state index < -0.39 is 0 Å². The van der Waals surface area contributed by atoms with Crippen LogP contribution in [0.4, 0.5) is 0 Å². The van der Waals surface area contributed by atoms with Gasteiger partial charge in [-0.25, -0.2) is 0 Å². The summed E-state index contributed by atoms with van der Waals surface area (Å²) < 4.78 is 0. The third-order valence-corrected chi connectivity index (χ3v) is 3.37. The maximum absolute atomic E-state index is 8.94. The van der Waals surface area contributed by atoms with Gasteiger partial charge in [-0.1, -0.05) is 23.7 Å². The number of benzene rings is 1. The first-order valence-electron chi connectivity index (χ1n) is 6.32. The van der Waals surface area contributed by atoms with Crippen LogP contribution in [0.5, 0.6) is 0 Å². The number of rotatable bonds is 7. The number of aliphatic hydroxyl groups is 1. The van der Waals surface area contributed by atoms with Gasteiger partial charge in [-0.05, 0) is 44.4 Å². The quantitative estimate of drug-likeness (QED) is 0.710. The number of nitrogens with two attached hydrogens (primary N) is 1. The molecule has 4 N–H and O–H groups in total. The first-order valence-corrected chi connectivity index (χ1v) is 6.70. The summed E-state index contributed by atoms with van der Waals surface area (Å²) in [7, 11) is 0. The normalized spacial score (nSPS) is 16.3. The van der Waals surface area contributed by atoms with Gasteiger partial charge in [-0.2, -0.15) is 0 Å². The molecule has 0 radical (unpaired) electrons. The van der Waals surface area contributed by atoms with E-state index in [0.717, 1.165) is 17.9 Å². The molecule has 0 spiro atoms. The Hall–Kier alpha value is -0.610. The van der Waals surface area contributed by atoms with Crippen molar-refractivity contribution in [1.82, 2.24) is 5.32 Å². The van der Waals surface area contributed by atoms with Crippen molar-refractivity contribution >= 4 is 11.6 Å². The Morgan fingerprint density at radius 3 is 2.50 bits per heavy atom. The molecule has 0 amide bonds. The van der Waals surface area contributed by atoms with Crippen LogP contribution in [0.3, 0.4) is 0 Å². The zero-order valence-electron chi connectivity index (χ0n) is 11.1. The minimum atomic E-state index is -0.164. The van der Waals surface area contributed by atoms with Crippen LogP contribution in [-0.2, 0) is 6.42 Å². The largest absolute Gasteiger partial charge is 0.396 e. The summed E-state index contributed by atoms with van der Waals surface area (Å²) >= 11 is 5.87. The van der Waals surface area contributed by atoms with E-state index in [2.05, 4.69) is 19.2 Å². The molecule has 0 aliphatic heterocycles. The van der Waals surface area contributed by atoms with Gasteiger partial charge in [0.15, 0.2) is 0 Å². The standard InChI is InChI=1S/C14H23ClN2O/c1-11(7-8-18)17-14(2,10-16)9-12-3-5-13(15)6-4-12/h3-6,11,17-18H,7-10,16H2,1-2H3. The van der Waals surface area contributed by atoms with Crippen molar-refractivity contribution < 1.29 is 5.11 Å². The van der Waals surface area contributed by atoms with Crippen molar-refractivity contribution in [3.8, 4) is 0 Å². The molecule has 102 valence electrons. The smallest absolute Gasteiger partial charge is 0.0445 e. The molecular formula is C14H23ClN2O. The van der Waals surface area contributed by atoms with Crippen LogP contribution in [0.2, 0.25) is 5.02 Å². The Bertz CT molecular complexity index is 355. The number of nitrogens with one attached hydrogen (secondary N) is 1. The first-order chi connectivity index (χ1) is 8.49. The average Bonchev–Trinajstić information content (AvgIpc) is 2.32. The molecule has 2 unspecified atom stereocenters. The molecule has 1 rings (SSSR count). The van der Waals surface area contributed by atoms with Crippen molar-refractivity contribution in [2.45, 2.75) is 38.3 Å². The topological polar surface area (TPSA) is 58.3 Å². The first kappa shape index (κ1) is 15.4. The minimum absolute atomic E-state index is 0.164. The van der Waals surface area contributed by atoms with Gasteiger partial charge in [0, 0.05) is 29.8 Å². The molecule has 0 aliphatic carbocycles. The van der Waals surface area contributed by atoms with Crippen LogP contribution in [0.15, 0.2) is 24.3 Å². The van der Waals surface area contributed by atoms with E-state index >= 15 is 0 Å². The summed E-state index contributed by atoms with van der Waals surface area (Å²) in [6.45, 7) is 4.91. The molecule has 1 aromatic rings. The summed E-state index contributed by atoms with van der Waals surface area (Å²) in [5.41, 5.74) is 6.92. The number of halogens is 1. The van der Waals surface area contributed by atoms with Gasteiger partial charge in [-0.15, -0.1) is 0 Å². The van der Waals surface area contributed by atoms with Crippen molar-refractivity contribution in [3.63, 3.8) is 0 Å². The van der Waals surface area contributed by atoms with E-state index in [-0.39, 0.29) is 18.2 Å². The van der Waals surface area contributed by atoms with Gasteiger partial charge in [0.25, 0.3) is 0 Å². The van der Waals surface area contributed by atoms with Crippen LogP contribution in [0.25, 0.3) is 0 Å². The second kappa shape index (κ2) is 7.10. The van der Waals surface area contributed by atoms with Crippen LogP contribution < -0.4 is 11.1 Å². The lowest BCUT2D eigenvalue weighted by Gasteiger charge is -2.33. The Kier molecular flexibility index (Phi) is 6.09. The summed E-state index contributed by atoms with van der Waals surface area (Å²) in [5.74, 6) is 0. The zero-order chi connectivity index (χ0) is 13.6. The molecular weight excluding hydrogens is 248 g/mol. The van der Waals surface area contributed by atoms with Crippen molar-refractivity contribution in [2.24, 2.45) is 5.73 Å². The van der Waals surface area contributed by atoms with E-state index in [1.54, 1.807) is 0 Å². The minimum Gasteiger partial charge on any atom is -0.396 e. The molecule has 1 aromatic carbocycles. The fraction of sp³-hybridized carbons (Fsp3) is 0.571. The lowest BCUT2D eigenvalue weighted by Crippen LogP contribution is -2.54. The monoisotopic (exact) mass is 270 g/mol. The molecule has 0 aromatic heterocycles. The summed E-state index contributed by atoms with van der Waals surface area (Å²) in [5, 5.41) is 13.2. The molecule has 0 fully saturated rings. The van der Waals surface area contributed by atoms with Gasteiger partial charge < -0.3 is 16.2 Å². The summed E-state index contributed by atoms with van der Waals surface area (Å²) in [4.78, 5) is 0. The maximum Gasteiger partial charge on any atom is 0.0445 e. The number of aliphatic hydroxyl groups excluding tert-OH is 1. The number of hydrogen-bond acceptors (Lipinski definition) is 3. The summed E-state index contributed by atoms with van der Waals surface area (Å²) in [6, 6.07) is 8.08. The van der Waals surface area contributed by atoms with E-state index in [9.17, 15) is 0 Å². The Labute approximate surface area is 114 Å². The van der Waals surface area contributed by atoms with Crippen molar-refractivity contribution in [3.05, 3.63) is 34.9 Å². The highest BCUT2D eigenvalue weighted by Crippen LogP contribution is 2.16. The van der Waals surface area contributed by atoms with E-state index in [1.165, 1.54) is 5.56 Å². The zero-order valence-corrected chi connectivity index (χ0v) is 11.9. The third kappa shape index (κ3) is 4.94. The lowest BCUT2D eigenvalue weighted by atomic mass is 9.91. The lowest BCUT2D eigenvalue weighted by molar-refractivity contribution is 0.243. The molecule has 0 saturated carbocycles. The van der Waals surface area contributed by atoms with Crippen molar-refractivity contribution in [1.29, 1.82) is 0 Å². The van der Waals surface area contributed by atoms with Crippen LogP contribution in [-0.4, -0.2) is 29.8 Å². The molecule has 0 heterocycles.